The minimum absolute atomic E-state index is 0. The second kappa shape index (κ2) is 30.2. The lowest BCUT2D eigenvalue weighted by atomic mass is 10.1. The largest absolute Gasteiger partial charge is 0.444 e. The molecule has 60 heavy (non-hydrogen) atoms. The molecule has 0 aromatic heterocycles. The van der Waals surface area contributed by atoms with Crippen molar-refractivity contribution in [3.63, 3.8) is 0 Å². The van der Waals surface area contributed by atoms with E-state index in [1.54, 1.807) is 4.90 Å². The number of rotatable bonds is 7. The van der Waals surface area contributed by atoms with Gasteiger partial charge in [-0.15, -0.1) is 24.8 Å². The van der Waals surface area contributed by atoms with Crippen LogP contribution in [-0.4, -0.2) is 87.8 Å². The molecule has 3 N–H and O–H groups in total. The molecule has 3 aromatic rings. The number of nitrogens with zero attached hydrogens (tertiary/aromatic N) is 2. The third-order valence-corrected chi connectivity index (χ3v) is 13.4. The van der Waals surface area contributed by atoms with Crippen LogP contribution in [0, 0.1) is 0 Å². The van der Waals surface area contributed by atoms with Gasteiger partial charge in [0.2, 0.25) is 0 Å². The molecule has 3 fully saturated rings. The average molecular weight is 991 g/mol. The molecule has 3 aliphatic heterocycles. The highest BCUT2D eigenvalue weighted by Crippen LogP contribution is 2.28. The van der Waals surface area contributed by atoms with E-state index in [-0.39, 0.29) is 42.6 Å². The van der Waals surface area contributed by atoms with Gasteiger partial charge in [-0.1, -0.05) is 88.7 Å². The van der Waals surface area contributed by atoms with E-state index in [0.717, 1.165) is 74.3 Å². The number of thiol groups is 1. The SMILES string of the molecule is CC(C)(C)OC(=O)N1CCC(Br)CC1.CC(C)(C)OC(=O)N1CCC(SCc2ccccc2)CC1.Cl.Cl.Nc1ccc(CS)cc1.c1ccc(CSC2CCNCC2)cc1. The second-order valence-electron chi connectivity index (χ2n) is 16.8. The summed E-state index contributed by atoms with van der Waals surface area (Å²) in [5.41, 5.74) is 9.50. The highest BCUT2D eigenvalue weighted by molar-refractivity contribution is 9.09. The molecule has 0 bridgehead atoms. The monoisotopic (exact) mass is 988 g/mol. The van der Waals surface area contributed by atoms with Crippen molar-refractivity contribution in [2.45, 2.75) is 124 Å². The Kier molecular flexibility index (Phi) is 28.2. The fraction of sp³-hybridized carbons (Fsp3) is 0.565. The molecule has 6 rings (SSSR count). The minimum atomic E-state index is -0.407. The van der Waals surface area contributed by atoms with Crippen molar-refractivity contribution >= 4 is 94.8 Å². The van der Waals surface area contributed by atoms with Gasteiger partial charge in [0.1, 0.15) is 11.2 Å². The highest BCUT2D eigenvalue weighted by Gasteiger charge is 2.27. The first kappa shape index (κ1) is 56.1. The molecule has 3 saturated heterocycles. The third kappa shape index (κ3) is 25.2. The Morgan fingerprint density at radius 2 is 1.03 bits per heavy atom. The number of nitrogens with two attached hydrogens (primary N) is 1. The maximum absolute atomic E-state index is 12.0. The summed E-state index contributed by atoms with van der Waals surface area (Å²) in [5.74, 6) is 3.00. The number of alkyl halides is 1. The number of benzene rings is 3. The summed E-state index contributed by atoms with van der Waals surface area (Å²) in [6.45, 7) is 17.0. The number of hydrogen-bond donors (Lipinski definition) is 3. The molecule has 0 radical (unpaired) electrons. The summed E-state index contributed by atoms with van der Waals surface area (Å²) in [6.07, 6.45) is 6.44. The van der Waals surface area contributed by atoms with Crippen LogP contribution < -0.4 is 11.1 Å². The summed E-state index contributed by atoms with van der Waals surface area (Å²) < 4.78 is 10.7. The van der Waals surface area contributed by atoms with Crippen LogP contribution in [0.4, 0.5) is 15.3 Å². The molecule has 3 aromatic carbocycles. The molecule has 0 atom stereocenters. The highest BCUT2D eigenvalue weighted by atomic mass is 79.9. The lowest BCUT2D eigenvalue weighted by Gasteiger charge is -2.33. The summed E-state index contributed by atoms with van der Waals surface area (Å²) in [6, 6.07) is 29.0. The Morgan fingerprint density at radius 3 is 1.42 bits per heavy atom. The number of halogens is 3. The van der Waals surface area contributed by atoms with E-state index in [9.17, 15) is 9.59 Å². The number of likely N-dealkylation sites (tertiary alicyclic amines) is 2. The molecule has 338 valence electrons. The van der Waals surface area contributed by atoms with Gasteiger partial charge >= 0.3 is 12.2 Å². The lowest BCUT2D eigenvalue weighted by Crippen LogP contribution is -2.42. The fourth-order valence-corrected chi connectivity index (χ4v) is 9.03. The van der Waals surface area contributed by atoms with E-state index in [4.69, 9.17) is 15.2 Å². The smallest absolute Gasteiger partial charge is 0.410 e. The summed E-state index contributed by atoms with van der Waals surface area (Å²) in [7, 11) is 0. The number of ether oxygens (including phenoxy) is 2. The van der Waals surface area contributed by atoms with E-state index in [1.165, 1.54) is 48.4 Å². The van der Waals surface area contributed by atoms with Crippen molar-refractivity contribution in [2.75, 3.05) is 45.0 Å². The first-order valence-corrected chi connectivity index (χ1v) is 24.3. The molecule has 8 nitrogen and oxygen atoms in total. The molecule has 0 spiro atoms. The van der Waals surface area contributed by atoms with E-state index in [1.807, 2.05) is 88.5 Å². The van der Waals surface area contributed by atoms with Crippen LogP contribution in [0.5, 0.6) is 0 Å². The van der Waals surface area contributed by atoms with E-state index >= 15 is 0 Å². The first-order valence-electron chi connectivity index (χ1n) is 20.7. The van der Waals surface area contributed by atoms with Crippen molar-refractivity contribution in [3.8, 4) is 0 Å². The van der Waals surface area contributed by atoms with Crippen molar-refractivity contribution in [2.24, 2.45) is 0 Å². The number of hydrogen-bond acceptors (Lipinski definition) is 9. The van der Waals surface area contributed by atoms with Gasteiger partial charge in [0.25, 0.3) is 0 Å². The number of carbonyl (C=O) groups excluding carboxylic acids is 2. The third-order valence-electron chi connectivity index (χ3n) is 9.28. The lowest BCUT2D eigenvalue weighted by molar-refractivity contribution is 0.0209. The second-order valence-corrected chi connectivity index (χ2v) is 20.9. The van der Waals surface area contributed by atoms with Crippen molar-refractivity contribution in [1.82, 2.24) is 15.1 Å². The van der Waals surface area contributed by atoms with Crippen LogP contribution in [0.15, 0.2) is 84.9 Å². The molecule has 0 aliphatic carbocycles. The minimum Gasteiger partial charge on any atom is -0.444 e. The van der Waals surface area contributed by atoms with Crippen LogP contribution in [0.1, 0.15) is 96.8 Å². The zero-order valence-electron chi connectivity index (χ0n) is 36.5. The van der Waals surface area contributed by atoms with Gasteiger partial charge in [-0.05, 0) is 122 Å². The van der Waals surface area contributed by atoms with Crippen LogP contribution in [0.25, 0.3) is 0 Å². The normalized spacial score (nSPS) is 16.1. The van der Waals surface area contributed by atoms with Crippen LogP contribution >= 0.6 is 76.9 Å². The Balaban J connectivity index is 0.000000411. The first-order chi connectivity index (χ1) is 27.6. The fourth-order valence-electron chi connectivity index (χ4n) is 6.05. The molecule has 0 unspecified atom stereocenters. The molecule has 2 amide bonds. The van der Waals surface area contributed by atoms with Crippen LogP contribution in [-0.2, 0) is 26.7 Å². The van der Waals surface area contributed by atoms with Crippen LogP contribution in [0.2, 0.25) is 0 Å². The van der Waals surface area contributed by atoms with Crippen molar-refractivity contribution in [1.29, 1.82) is 0 Å². The van der Waals surface area contributed by atoms with Gasteiger partial charge in [-0.3, -0.25) is 0 Å². The van der Waals surface area contributed by atoms with Gasteiger partial charge in [0.15, 0.2) is 0 Å². The standard InChI is InChI=1S/C17H25NO2S.C12H17NS.C10H18BrNO2.C7H9NS.2ClH/c1-17(2,3)20-16(19)18-11-9-15(10-12-18)21-13-14-7-5-4-6-8-14;1-2-4-11(5-3-1)10-14-12-6-8-13-9-7-12;1-10(2,3)14-9(13)12-6-4-8(11)5-7-12;8-7-3-1-6(5-9)2-4-7;;/h4-8,15H,9-13H2,1-3H3;1-5,12-13H,6-10H2;8H,4-7H2,1-3H3;1-4,9H,5,8H2;2*1H. The van der Waals surface area contributed by atoms with E-state index in [2.05, 4.69) is 100 Å². The Hall–Kier alpha value is -1.93. The summed E-state index contributed by atoms with van der Waals surface area (Å²) >= 11 is 11.8. The molecule has 14 heteroatoms. The Labute approximate surface area is 396 Å². The van der Waals surface area contributed by atoms with Crippen molar-refractivity contribution < 1.29 is 19.1 Å². The van der Waals surface area contributed by atoms with E-state index < -0.39 is 5.60 Å². The maximum atomic E-state index is 12.0. The van der Waals surface area contributed by atoms with Crippen molar-refractivity contribution in [3.05, 3.63) is 102 Å². The number of thioether (sulfide) groups is 2. The predicted molar refractivity (Wildman–Crippen MR) is 270 cm³/mol. The Bertz CT molecular complexity index is 1570. The number of anilines is 1. The number of carbonyl (C=O) groups is 2. The summed E-state index contributed by atoms with van der Waals surface area (Å²) in [5, 5.41) is 4.91. The molecule has 3 heterocycles. The van der Waals surface area contributed by atoms with Crippen LogP contribution in [0.3, 0.4) is 0 Å². The van der Waals surface area contributed by atoms with Gasteiger partial charge in [-0.2, -0.15) is 36.2 Å². The topological polar surface area (TPSA) is 97.1 Å². The number of nitrogen functional groups attached to an aromatic ring is 1. The molecular formula is C46H71BrCl2N4O4S3. The molecular weight excluding hydrogens is 920 g/mol. The number of nitrogens with one attached hydrogen (secondary N) is 1. The average Bonchev–Trinajstić information content (AvgIpc) is 3.21. The predicted octanol–water partition coefficient (Wildman–Crippen LogP) is 12.3. The molecule has 0 saturated carbocycles. The van der Waals surface area contributed by atoms with Gasteiger partial charge in [0.05, 0.1) is 0 Å². The number of piperidine rings is 3. The Morgan fingerprint density at radius 1 is 0.650 bits per heavy atom. The van der Waals surface area contributed by atoms with Gasteiger partial charge < -0.3 is 30.3 Å². The zero-order valence-corrected chi connectivity index (χ0v) is 42.2. The maximum Gasteiger partial charge on any atom is 0.410 e. The summed E-state index contributed by atoms with van der Waals surface area (Å²) in [4.78, 5) is 27.8. The van der Waals surface area contributed by atoms with Gasteiger partial charge in [0, 0.05) is 64.5 Å². The molecule has 3 aliphatic rings. The zero-order chi connectivity index (χ0) is 42.4. The van der Waals surface area contributed by atoms with Gasteiger partial charge in [-0.25, -0.2) is 9.59 Å². The van der Waals surface area contributed by atoms with E-state index in [0.29, 0.717) is 10.1 Å². The number of amides is 2. The quantitative estimate of drug-likeness (QED) is 0.122.